The summed E-state index contributed by atoms with van der Waals surface area (Å²) in [5.74, 6) is -0.383. The molecule has 1 aliphatic rings. The van der Waals surface area contributed by atoms with Crippen molar-refractivity contribution >= 4 is 18.4 Å². The van der Waals surface area contributed by atoms with Crippen molar-refractivity contribution in [3.05, 3.63) is 12.7 Å². The summed E-state index contributed by atoms with van der Waals surface area (Å²) < 4.78 is 10.4. The highest BCUT2D eigenvalue weighted by Crippen LogP contribution is 2.00. The molecule has 1 unspecified atom stereocenters. The largest absolute Gasteiger partial charge is 0.461 e. The fourth-order valence-electron chi connectivity index (χ4n) is 1.33. The lowest BCUT2D eigenvalue weighted by Gasteiger charge is -2.31. The maximum absolute atomic E-state index is 10.8. The van der Waals surface area contributed by atoms with E-state index >= 15 is 0 Å². The molecule has 16 heavy (non-hydrogen) atoms. The zero-order chi connectivity index (χ0) is 11.1. The van der Waals surface area contributed by atoms with E-state index in [0.717, 1.165) is 19.7 Å². The molecule has 1 N–H and O–H groups in total. The van der Waals surface area contributed by atoms with Crippen LogP contribution in [0.2, 0.25) is 0 Å². The van der Waals surface area contributed by atoms with Gasteiger partial charge in [0, 0.05) is 25.7 Å². The standard InChI is InChI=1S/C10H18N2O3.ClH/c1-3-10(13)15-7-5-12(2)9-8-11-4-6-14-9;/h3,9,11H,1,4-8H2,2H3;1H. The summed E-state index contributed by atoms with van der Waals surface area (Å²) in [6.07, 6.45) is 1.24. The number of nitrogens with one attached hydrogen (secondary N) is 1. The summed E-state index contributed by atoms with van der Waals surface area (Å²) in [6, 6.07) is 0. The van der Waals surface area contributed by atoms with Gasteiger partial charge in [-0.3, -0.25) is 4.90 Å². The van der Waals surface area contributed by atoms with Crippen molar-refractivity contribution in [2.75, 3.05) is 39.9 Å². The molecule has 0 aromatic carbocycles. The van der Waals surface area contributed by atoms with E-state index in [1.165, 1.54) is 6.08 Å². The Labute approximate surface area is 102 Å². The summed E-state index contributed by atoms with van der Waals surface area (Å²) in [6.45, 7) is 6.78. The number of hydrogen-bond acceptors (Lipinski definition) is 5. The summed E-state index contributed by atoms with van der Waals surface area (Å²) in [7, 11) is 1.94. The Morgan fingerprint density at radius 2 is 2.50 bits per heavy atom. The predicted molar refractivity (Wildman–Crippen MR) is 63.6 cm³/mol. The first-order chi connectivity index (χ1) is 7.24. The lowest BCUT2D eigenvalue weighted by molar-refractivity contribution is -0.139. The highest BCUT2D eigenvalue weighted by Gasteiger charge is 2.17. The first-order valence-electron chi connectivity index (χ1n) is 5.06. The summed E-state index contributed by atoms with van der Waals surface area (Å²) >= 11 is 0. The SMILES string of the molecule is C=CC(=O)OCCN(C)C1CNCCO1.Cl. The van der Waals surface area contributed by atoms with Gasteiger partial charge in [0.1, 0.15) is 12.8 Å². The van der Waals surface area contributed by atoms with Crippen molar-refractivity contribution in [1.82, 2.24) is 10.2 Å². The quantitative estimate of drug-likeness (QED) is 0.551. The average molecular weight is 251 g/mol. The smallest absolute Gasteiger partial charge is 0.330 e. The molecule has 5 nitrogen and oxygen atoms in total. The third-order valence-electron chi connectivity index (χ3n) is 2.25. The van der Waals surface area contributed by atoms with Crippen molar-refractivity contribution in [2.24, 2.45) is 0 Å². The monoisotopic (exact) mass is 250 g/mol. The van der Waals surface area contributed by atoms with Crippen LogP contribution in [0.4, 0.5) is 0 Å². The molecular formula is C10H19ClN2O3. The third-order valence-corrected chi connectivity index (χ3v) is 2.25. The van der Waals surface area contributed by atoms with E-state index < -0.39 is 0 Å². The molecule has 94 valence electrons. The van der Waals surface area contributed by atoms with E-state index in [2.05, 4.69) is 11.9 Å². The van der Waals surface area contributed by atoms with Crippen LogP contribution in [0.1, 0.15) is 0 Å². The number of likely N-dealkylation sites (N-methyl/N-ethyl adjacent to an activating group) is 1. The van der Waals surface area contributed by atoms with E-state index in [0.29, 0.717) is 13.2 Å². The minimum atomic E-state index is -0.383. The number of nitrogens with zero attached hydrogens (tertiary/aromatic N) is 1. The number of rotatable bonds is 5. The van der Waals surface area contributed by atoms with Crippen molar-refractivity contribution in [3.63, 3.8) is 0 Å². The van der Waals surface area contributed by atoms with Crippen LogP contribution in [-0.4, -0.2) is 57.0 Å². The highest BCUT2D eigenvalue weighted by atomic mass is 35.5. The number of ether oxygens (including phenoxy) is 2. The maximum Gasteiger partial charge on any atom is 0.330 e. The molecule has 1 rings (SSSR count). The second-order valence-corrected chi connectivity index (χ2v) is 3.38. The van der Waals surface area contributed by atoms with Crippen LogP contribution in [0.5, 0.6) is 0 Å². The molecule has 0 spiro atoms. The number of carbonyl (C=O) groups is 1. The van der Waals surface area contributed by atoms with E-state index in [9.17, 15) is 4.79 Å². The number of hydrogen-bond donors (Lipinski definition) is 1. The van der Waals surface area contributed by atoms with Gasteiger partial charge < -0.3 is 14.8 Å². The fraction of sp³-hybridized carbons (Fsp3) is 0.700. The van der Waals surface area contributed by atoms with Gasteiger partial charge in [-0.1, -0.05) is 6.58 Å². The molecule has 6 heteroatoms. The molecule has 0 amide bonds. The topological polar surface area (TPSA) is 50.8 Å². The Kier molecular flexibility index (Phi) is 8.19. The lowest BCUT2D eigenvalue weighted by Crippen LogP contribution is -2.48. The second kappa shape index (κ2) is 8.52. The Hall–Kier alpha value is -0.620. The van der Waals surface area contributed by atoms with Crippen LogP contribution < -0.4 is 5.32 Å². The molecular weight excluding hydrogens is 232 g/mol. The van der Waals surface area contributed by atoms with E-state index in [4.69, 9.17) is 9.47 Å². The summed E-state index contributed by atoms with van der Waals surface area (Å²) in [5.41, 5.74) is 0. The number of carbonyl (C=O) groups excluding carboxylic acids is 1. The minimum Gasteiger partial charge on any atom is -0.461 e. The predicted octanol–water partition coefficient (Wildman–Crippen LogP) is 0.0151. The normalized spacial score (nSPS) is 20.0. The van der Waals surface area contributed by atoms with E-state index in [1.54, 1.807) is 0 Å². The zero-order valence-corrected chi connectivity index (χ0v) is 10.3. The lowest BCUT2D eigenvalue weighted by atomic mass is 10.4. The van der Waals surface area contributed by atoms with Crippen molar-refractivity contribution in [1.29, 1.82) is 0 Å². The summed E-state index contributed by atoms with van der Waals surface area (Å²) in [5, 5.41) is 3.24. The number of halogens is 1. The van der Waals surface area contributed by atoms with Gasteiger partial charge in [0.05, 0.1) is 6.61 Å². The molecule has 0 aromatic heterocycles. The third kappa shape index (κ3) is 5.46. The van der Waals surface area contributed by atoms with E-state index in [-0.39, 0.29) is 24.6 Å². The number of morpholine rings is 1. The van der Waals surface area contributed by atoms with Crippen LogP contribution in [0.3, 0.4) is 0 Å². The van der Waals surface area contributed by atoms with Crippen LogP contribution >= 0.6 is 12.4 Å². The number of esters is 1. The molecule has 0 saturated carbocycles. The van der Waals surface area contributed by atoms with Gasteiger partial charge >= 0.3 is 5.97 Å². The maximum atomic E-state index is 10.8. The van der Waals surface area contributed by atoms with Crippen LogP contribution in [0.25, 0.3) is 0 Å². The highest BCUT2D eigenvalue weighted by molar-refractivity contribution is 5.85. The molecule has 1 atom stereocenters. The van der Waals surface area contributed by atoms with Crippen LogP contribution in [0, 0.1) is 0 Å². The zero-order valence-electron chi connectivity index (χ0n) is 9.48. The van der Waals surface area contributed by atoms with Gasteiger partial charge in [0.15, 0.2) is 0 Å². The van der Waals surface area contributed by atoms with Crippen molar-refractivity contribution in [2.45, 2.75) is 6.23 Å². The Morgan fingerprint density at radius 3 is 3.06 bits per heavy atom. The minimum absolute atomic E-state index is 0. The first-order valence-corrected chi connectivity index (χ1v) is 5.06. The molecule has 0 radical (unpaired) electrons. The van der Waals surface area contributed by atoms with Gasteiger partial charge in [-0.05, 0) is 7.05 Å². The van der Waals surface area contributed by atoms with Gasteiger partial charge in [-0.15, -0.1) is 12.4 Å². The first kappa shape index (κ1) is 15.4. The van der Waals surface area contributed by atoms with E-state index in [1.807, 2.05) is 11.9 Å². The van der Waals surface area contributed by atoms with Gasteiger partial charge in [-0.25, -0.2) is 4.79 Å². The fourth-order valence-corrected chi connectivity index (χ4v) is 1.33. The Morgan fingerprint density at radius 1 is 1.75 bits per heavy atom. The molecule has 1 saturated heterocycles. The average Bonchev–Trinajstić information content (AvgIpc) is 2.29. The second-order valence-electron chi connectivity index (χ2n) is 3.38. The Bertz CT molecular complexity index is 220. The van der Waals surface area contributed by atoms with Crippen LogP contribution in [-0.2, 0) is 14.3 Å². The summed E-state index contributed by atoms with van der Waals surface area (Å²) in [4.78, 5) is 12.8. The van der Waals surface area contributed by atoms with Gasteiger partial charge in [0.2, 0.25) is 0 Å². The van der Waals surface area contributed by atoms with Gasteiger partial charge in [-0.2, -0.15) is 0 Å². The molecule has 0 aliphatic carbocycles. The van der Waals surface area contributed by atoms with Crippen LogP contribution in [0.15, 0.2) is 12.7 Å². The molecule has 1 heterocycles. The van der Waals surface area contributed by atoms with Crippen molar-refractivity contribution in [3.8, 4) is 0 Å². The molecule has 0 aromatic rings. The molecule has 0 bridgehead atoms. The van der Waals surface area contributed by atoms with Crippen molar-refractivity contribution < 1.29 is 14.3 Å². The molecule has 1 fully saturated rings. The molecule has 1 aliphatic heterocycles. The van der Waals surface area contributed by atoms with Gasteiger partial charge in [0.25, 0.3) is 0 Å². The Balaban J connectivity index is 0.00000225.